The zero-order valence-corrected chi connectivity index (χ0v) is 20.4. The molecule has 0 radical (unpaired) electrons. The van der Waals surface area contributed by atoms with Gasteiger partial charge in [0.25, 0.3) is 11.8 Å². The fraction of sp³-hybridized carbons (Fsp3) is 0.107. The number of carbonyl (C=O) groups excluding carboxylic acids is 3. The fourth-order valence-electron chi connectivity index (χ4n) is 4.18. The molecule has 0 aliphatic carbocycles. The number of hydrogen-bond acceptors (Lipinski definition) is 5. The van der Waals surface area contributed by atoms with E-state index in [1.54, 1.807) is 85.3 Å². The van der Waals surface area contributed by atoms with Crippen molar-refractivity contribution in [2.24, 2.45) is 0 Å². The molecule has 2 aromatic heterocycles. The van der Waals surface area contributed by atoms with Crippen LogP contribution in [0.15, 0.2) is 91.4 Å². The van der Waals surface area contributed by atoms with E-state index in [4.69, 9.17) is 11.6 Å². The molecule has 1 atom stereocenters. The number of aromatic nitrogens is 2. The van der Waals surface area contributed by atoms with Crippen molar-refractivity contribution < 1.29 is 14.4 Å². The highest BCUT2D eigenvalue weighted by Gasteiger charge is 2.36. The van der Waals surface area contributed by atoms with E-state index in [0.29, 0.717) is 27.7 Å². The third kappa shape index (κ3) is 5.34. The summed E-state index contributed by atoms with van der Waals surface area (Å²) in [5.41, 5.74) is 2.65. The molecule has 0 bridgehead atoms. The highest BCUT2D eigenvalue weighted by atomic mass is 35.5. The fourth-order valence-corrected chi connectivity index (χ4v) is 4.41. The van der Waals surface area contributed by atoms with Crippen LogP contribution in [0.2, 0.25) is 5.02 Å². The molecule has 0 saturated carbocycles. The molecule has 0 saturated heterocycles. The maximum atomic E-state index is 13.7. The van der Waals surface area contributed by atoms with Gasteiger partial charge < -0.3 is 15.5 Å². The third-order valence-corrected chi connectivity index (χ3v) is 6.37. The second-order valence-electron chi connectivity index (χ2n) is 8.53. The van der Waals surface area contributed by atoms with Gasteiger partial charge in [0.15, 0.2) is 0 Å². The first-order chi connectivity index (χ1) is 18.0. The topological polar surface area (TPSA) is 104 Å². The predicted molar refractivity (Wildman–Crippen MR) is 140 cm³/mol. The molecule has 37 heavy (non-hydrogen) atoms. The van der Waals surface area contributed by atoms with Crippen molar-refractivity contribution in [3.8, 4) is 0 Å². The Kier molecular flexibility index (Phi) is 6.91. The third-order valence-electron chi connectivity index (χ3n) is 6.06. The van der Waals surface area contributed by atoms with Gasteiger partial charge in [0.05, 0.1) is 16.3 Å². The summed E-state index contributed by atoms with van der Waals surface area (Å²) in [5.74, 6) is -0.501. The minimum Gasteiger partial charge on any atom is -0.322 e. The molecular formula is C28H22ClN5O3. The summed E-state index contributed by atoms with van der Waals surface area (Å²) < 4.78 is 0. The van der Waals surface area contributed by atoms with E-state index in [2.05, 4.69) is 20.6 Å². The Balaban J connectivity index is 1.42. The maximum Gasteiger partial charge on any atom is 0.257 e. The van der Waals surface area contributed by atoms with E-state index in [9.17, 15) is 14.4 Å². The Hall–Kier alpha value is -4.56. The lowest BCUT2D eigenvalue weighted by atomic mass is 10.0. The van der Waals surface area contributed by atoms with Gasteiger partial charge >= 0.3 is 0 Å². The molecule has 8 nitrogen and oxygen atoms in total. The van der Waals surface area contributed by atoms with Gasteiger partial charge in [-0.25, -0.2) is 4.98 Å². The average Bonchev–Trinajstić information content (AvgIpc) is 3.01. The number of nitrogens with zero attached hydrogens (tertiary/aromatic N) is 3. The van der Waals surface area contributed by atoms with Crippen LogP contribution < -0.4 is 10.6 Å². The van der Waals surface area contributed by atoms with E-state index in [-0.39, 0.29) is 30.7 Å². The molecule has 184 valence electrons. The number of para-hydroxylation sites is 1. The quantitative estimate of drug-likeness (QED) is 0.394. The lowest BCUT2D eigenvalue weighted by molar-refractivity contribution is -0.120. The summed E-state index contributed by atoms with van der Waals surface area (Å²) in [6.45, 7) is 0.158. The molecule has 0 unspecified atom stereocenters. The smallest absolute Gasteiger partial charge is 0.257 e. The van der Waals surface area contributed by atoms with Crippen LogP contribution in [-0.4, -0.2) is 38.6 Å². The molecule has 1 aliphatic rings. The lowest BCUT2D eigenvalue weighted by Gasteiger charge is -2.29. The van der Waals surface area contributed by atoms with Crippen LogP contribution in [0.25, 0.3) is 0 Å². The number of benzene rings is 2. The number of carbonyl (C=O) groups is 3. The first kappa shape index (κ1) is 24.1. The van der Waals surface area contributed by atoms with Crippen LogP contribution in [0.3, 0.4) is 0 Å². The normalized spacial score (nSPS) is 14.9. The highest BCUT2D eigenvalue weighted by molar-refractivity contribution is 6.35. The van der Waals surface area contributed by atoms with E-state index in [1.165, 1.54) is 4.90 Å². The molecule has 4 aromatic rings. The van der Waals surface area contributed by atoms with E-state index < -0.39 is 6.04 Å². The van der Waals surface area contributed by atoms with Crippen LogP contribution in [-0.2, 0) is 17.8 Å². The number of fused-ring (bicyclic) bond motifs is 1. The minimum absolute atomic E-state index is 0.158. The van der Waals surface area contributed by atoms with Crippen LogP contribution in [0, 0.1) is 0 Å². The number of amides is 3. The van der Waals surface area contributed by atoms with Crippen molar-refractivity contribution in [1.29, 1.82) is 0 Å². The molecule has 0 fully saturated rings. The van der Waals surface area contributed by atoms with Crippen molar-refractivity contribution >= 4 is 40.8 Å². The Labute approximate surface area is 218 Å². The summed E-state index contributed by atoms with van der Waals surface area (Å²) in [6.07, 6.45) is 5.21. The number of nitrogens with one attached hydrogen (secondary N) is 2. The van der Waals surface area contributed by atoms with Gasteiger partial charge in [0.2, 0.25) is 5.91 Å². The highest BCUT2D eigenvalue weighted by Crippen LogP contribution is 2.32. The van der Waals surface area contributed by atoms with Crippen LogP contribution in [0.5, 0.6) is 0 Å². The first-order valence-electron chi connectivity index (χ1n) is 11.6. The van der Waals surface area contributed by atoms with Crippen molar-refractivity contribution in [2.75, 3.05) is 10.6 Å². The second kappa shape index (κ2) is 10.6. The summed E-state index contributed by atoms with van der Waals surface area (Å²) in [7, 11) is 0. The molecule has 1 aliphatic heterocycles. The Morgan fingerprint density at radius 3 is 2.51 bits per heavy atom. The Morgan fingerprint density at radius 1 is 0.946 bits per heavy atom. The Morgan fingerprint density at radius 2 is 1.78 bits per heavy atom. The minimum atomic E-state index is -0.799. The van der Waals surface area contributed by atoms with Crippen LogP contribution in [0.4, 0.5) is 11.5 Å². The largest absolute Gasteiger partial charge is 0.322 e. The lowest BCUT2D eigenvalue weighted by Crippen LogP contribution is -2.46. The van der Waals surface area contributed by atoms with Gasteiger partial charge in [0, 0.05) is 37.1 Å². The maximum absolute atomic E-state index is 13.7. The van der Waals surface area contributed by atoms with E-state index in [0.717, 1.165) is 11.1 Å². The standard InChI is InChI=1S/C28H22ClN5O3/c29-22-7-3-6-21-25(22)33-27(36)23(15-19-5-4-13-30-16-19)34(28(21)37)17-18-9-11-20(12-10-18)26(35)32-24-8-1-2-14-31-24/h1-14,16,23H,15,17H2,(H,33,36)(H,31,32,35)/t23-/m1/s1. The first-order valence-corrected chi connectivity index (χ1v) is 12.0. The van der Waals surface area contributed by atoms with Gasteiger partial charge in [-0.3, -0.25) is 19.4 Å². The van der Waals surface area contributed by atoms with Gasteiger partial charge in [-0.15, -0.1) is 0 Å². The number of anilines is 2. The van der Waals surface area contributed by atoms with Crippen molar-refractivity contribution in [3.63, 3.8) is 0 Å². The van der Waals surface area contributed by atoms with E-state index >= 15 is 0 Å². The summed E-state index contributed by atoms with van der Waals surface area (Å²) in [6, 6.07) is 20.0. The molecule has 2 aromatic carbocycles. The number of pyridine rings is 2. The van der Waals surface area contributed by atoms with Gasteiger partial charge in [0.1, 0.15) is 11.9 Å². The van der Waals surface area contributed by atoms with E-state index in [1.807, 2.05) is 6.07 Å². The summed E-state index contributed by atoms with van der Waals surface area (Å²) in [4.78, 5) is 49.4. The predicted octanol–water partition coefficient (Wildman–Crippen LogP) is 4.59. The molecule has 0 spiro atoms. The molecule has 5 rings (SSSR count). The summed E-state index contributed by atoms with van der Waals surface area (Å²) >= 11 is 6.33. The molecule has 2 N–H and O–H groups in total. The number of halogens is 1. The van der Waals surface area contributed by atoms with Crippen molar-refractivity contribution in [3.05, 3.63) is 119 Å². The van der Waals surface area contributed by atoms with Crippen LogP contribution in [0.1, 0.15) is 31.8 Å². The monoisotopic (exact) mass is 511 g/mol. The Bertz CT molecular complexity index is 1450. The molecule has 9 heteroatoms. The second-order valence-corrected chi connectivity index (χ2v) is 8.94. The molecular weight excluding hydrogens is 490 g/mol. The average molecular weight is 512 g/mol. The van der Waals surface area contributed by atoms with Crippen LogP contribution >= 0.6 is 11.6 Å². The summed E-state index contributed by atoms with van der Waals surface area (Å²) in [5, 5.41) is 5.88. The zero-order valence-electron chi connectivity index (χ0n) is 19.6. The zero-order chi connectivity index (χ0) is 25.8. The SMILES string of the molecule is O=C(Nc1ccccn1)c1ccc(CN2C(=O)c3cccc(Cl)c3NC(=O)[C@H]2Cc2cccnc2)cc1. The number of hydrogen-bond donors (Lipinski definition) is 2. The van der Waals surface area contributed by atoms with Crippen molar-refractivity contribution in [1.82, 2.24) is 14.9 Å². The van der Waals surface area contributed by atoms with Crippen molar-refractivity contribution in [2.45, 2.75) is 19.0 Å². The number of rotatable bonds is 6. The van der Waals surface area contributed by atoms with Gasteiger partial charge in [-0.05, 0) is 53.6 Å². The molecule has 3 heterocycles. The van der Waals surface area contributed by atoms with Gasteiger partial charge in [-0.1, -0.05) is 41.9 Å². The molecule has 3 amide bonds. The van der Waals surface area contributed by atoms with Gasteiger partial charge in [-0.2, -0.15) is 0 Å².